The molecular formula is C12H25NO. The molecule has 0 bridgehead atoms. The van der Waals surface area contributed by atoms with Crippen molar-refractivity contribution in [2.45, 2.75) is 65.8 Å². The lowest BCUT2D eigenvalue weighted by Gasteiger charge is -2.36. The van der Waals surface area contributed by atoms with Crippen molar-refractivity contribution in [3.05, 3.63) is 0 Å². The Labute approximate surface area is 88.3 Å². The van der Waals surface area contributed by atoms with Crippen LogP contribution in [0.1, 0.15) is 47.5 Å². The van der Waals surface area contributed by atoms with Gasteiger partial charge in [0.05, 0.1) is 0 Å². The first-order valence-corrected chi connectivity index (χ1v) is 5.90. The molecule has 2 nitrogen and oxygen atoms in total. The van der Waals surface area contributed by atoms with E-state index >= 15 is 0 Å². The van der Waals surface area contributed by atoms with Crippen molar-refractivity contribution in [3.63, 3.8) is 0 Å². The van der Waals surface area contributed by atoms with Gasteiger partial charge in [-0.15, -0.1) is 0 Å². The van der Waals surface area contributed by atoms with Crippen LogP contribution in [0.25, 0.3) is 0 Å². The summed E-state index contributed by atoms with van der Waals surface area (Å²) >= 11 is 0. The number of nitrogens with zero attached hydrogens (tertiary/aromatic N) is 1. The van der Waals surface area contributed by atoms with E-state index in [0.717, 1.165) is 0 Å². The molecular weight excluding hydrogens is 174 g/mol. The molecule has 0 spiro atoms. The Kier molecular flexibility index (Phi) is 3.96. The van der Waals surface area contributed by atoms with Crippen molar-refractivity contribution in [3.8, 4) is 0 Å². The summed E-state index contributed by atoms with van der Waals surface area (Å²) in [4.78, 5) is 2.28. The van der Waals surface area contributed by atoms with Crippen molar-refractivity contribution in [2.24, 2.45) is 11.8 Å². The summed E-state index contributed by atoms with van der Waals surface area (Å²) in [5, 5.41) is 10.3. The molecule has 1 N–H and O–H groups in total. The van der Waals surface area contributed by atoms with Crippen LogP contribution in [-0.2, 0) is 0 Å². The van der Waals surface area contributed by atoms with Gasteiger partial charge in [0.2, 0.25) is 0 Å². The zero-order valence-electron chi connectivity index (χ0n) is 10.2. The Morgan fingerprint density at radius 3 is 1.86 bits per heavy atom. The third kappa shape index (κ3) is 2.29. The van der Waals surface area contributed by atoms with E-state index < -0.39 is 0 Å². The summed E-state index contributed by atoms with van der Waals surface area (Å²) in [5.41, 5.74) is 0. The van der Waals surface area contributed by atoms with Crippen LogP contribution in [0, 0.1) is 11.8 Å². The minimum Gasteiger partial charge on any atom is -0.378 e. The Balaban J connectivity index is 2.62. The molecule has 0 aliphatic carbocycles. The lowest BCUT2D eigenvalue weighted by Crippen LogP contribution is -2.46. The summed E-state index contributed by atoms with van der Waals surface area (Å²) < 4.78 is 0. The van der Waals surface area contributed by atoms with Gasteiger partial charge in [-0.2, -0.15) is 0 Å². The highest BCUT2D eigenvalue weighted by Gasteiger charge is 2.35. The summed E-state index contributed by atoms with van der Waals surface area (Å²) in [7, 11) is 0. The molecule has 4 atom stereocenters. The maximum absolute atomic E-state index is 10.3. The molecule has 1 fully saturated rings. The van der Waals surface area contributed by atoms with E-state index in [-0.39, 0.29) is 6.23 Å². The summed E-state index contributed by atoms with van der Waals surface area (Å²) in [6.45, 7) is 10.9. The number of aliphatic hydroxyl groups excluding tert-OH is 1. The second-order valence-electron chi connectivity index (χ2n) is 5.24. The molecule has 2 heteroatoms. The van der Waals surface area contributed by atoms with Gasteiger partial charge in [-0.3, -0.25) is 4.90 Å². The van der Waals surface area contributed by atoms with E-state index in [0.29, 0.717) is 23.9 Å². The molecule has 3 unspecified atom stereocenters. The molecule has 0 amide bonds. The van der Waals surface area contributed by atoms with Gasteiger partial charge in [-0.1, -0.05) is 20.8 Å². The van der Waals surface area contributed by atoms with Gasteiger partial charge in [0.25, 0.3) is 0 Å². The fourth-order valence-corrected chi connectivity index (χ4v) is 2.35. The number of rotatable bonds is 3. The fraction of sp³-hybridized carbons (Fsp3) is 1.00. The topological polar surface area (TPSA) is 23.5 Å². The van der Waals surface area contributed by atoms with E-state index in [1.54, 1.807) is 0 Å². The number of likely N-dealkylation sites (tertiary alicyclic amines) is 1. The first-order valence-electron chi connectivity index (χ1n) is 5.90. The molecule has 1 rings (SSSR count). The smallest absolute Gasteiger partial charge is 0.110 e. The van der Waals surface area contributed by atoms with Gasteiger partial charge in [0.1, 0.15) is 6.23 Å². The van der Waals surface area contributed by atoms with Crippen LogP contribution in [0.4, 0.5) is 0 Å². The van der Waals surface area contributed by atoms with Crippen LogP contribution < -0.4 is 0 Å². The molecule has 1 heterocycles. The van der Waals surface area contributed by atoms with Crippen molar-refractivity contribution >= 4 is 0 Å². The van der Waals surface area contributed by atoms with Gasteiger partial charge >= 0.3 is 0 Å². The summed E-state index contributed by atoms with van der Waals surface area (Å²) in [6, 6.07) is 1.09. The third-order valence-corrected chi connectivity index (χ3v) is 3.85. The highest BCUT2D eigenvalue weighted by Crippen LogP contribution is 2.29. The highest BCUT2D eigenvalue weighted by molar-refractivity contribution is 4.85. The normalized spacial score (nSPS) is 33.6. The lowest BCUT2D eigenvalue weighted by molar-refractivity contribution is -0.0685. The van der Waals surface area contributed by atoms with E-state index in [9.17, 15) is 5.11 Å². The fourth-order valence-electron chi connectivity index (χ4n) is 2.35. The standard InChI is InChI=1S/C12H25NO/c1-8(2)11(5)12(14)13-9(3)6-7-10(13)4/h8-12,14H,6-7H2,1-5H3/t9-,10?,11?,12?/m1/s1. The Morgan fingerprint density at radius 1 is 1.07 bits per heavy atom. The molecule has 0 saturated carbocycles. The van der Waals surface area contributed by atoms with E-state index in [4.69, 9.17) is 0 Å². The molecule has 0 aromatic rings. The molecule has 0 aromatic heterocycles. The third-order valence-electron chi connectivity index (χ3n) is 3.85. The second kappa shape index (κ2) is 4.63. The lowest BCUT2D eigenvalue weighted by atomic mass is 9.95. The largest absolute Gasteiger partial charge is 0.378 e. The van der Waals surface area contributed by atoms with Crippen LogP contribution in [0.3, 0.4) is 0 Å². The molecule has 0 radical (unpaired) electrons. The summed E-state index contributed by atoms with van der Waals surface area (Å²) in [6.07, 6.45) is 2.19. The molecule has 1 aliphatic heterocycles. The average Bonchev–Trinajstić information content (AvgIpc) is 2.44. The van der Waals surface area contributed by atoms with Crippen LogP contribution in [0.2, 0.25) is 0 Å². The van der Waals surface area contributed by atoms with Crippen LogP contribution in [0.15, 0.2) is 0 Å². The average molecular weight is 199 g/mol. The minimum atomic E-state index is -0.262. The number of hydrogen-bond donors (Lipinski definition) is 1. The predicted octanol–water partition coefficient (Wildman–Crippen LogP) is 2.47. The molecule has 14 heavy (non-hydrogen) atoms. The van der Waals surface area contributed by atoms with Crippen molar-refractivity contribution in [1.82, 2.24) is 4.90 Å². The summed E-state index contributed by atoms with van der Waals surface area (Å²) in [5.74, 6) is 0.906. The van der Waals surface area contributed by atoms with Crippen molar-refractivity contribution in [1.29, 1.82) is 0 Å². The van der Waals surface area contributed by atoms with Crippen molar-refractivity contribution in [2.75, 3.05) is 0 Å². The first kappa shape index (κ1) is 12.0. The zero-order chi connectivity index (χ0) is 10.9. The van der Waals surface area contributed by atoms with Gasteiger partial charge < -0.3 is 5.11 Å². The van der Waals surface area contributed by atoms with E-state index in [2.05, 4.69) is 39.5 Å². The number of hydrogen-bond acceptors (Lipinski definition) is 2. The molecule has 1 saturated heterocycles. The quantitative estimate of drug-likeness (QED) is 0.755. The maximum Gasteiger partial charge on any atom is 0.110 e. The molecule has 84 valence electrons. The van der Waals surface area contributed by atoms with Crippen molar-refractivity contribution < 1.29 is 5.11 Å². The van der Waals surface area contributed by atoms with Crippen LogP contribution in [0.5, 0.6) is 0 Å². The minimum absolute atomic E-state index is 0.262. The predicted molar refractivity (Wildman–Crippen MR) is 60.0 cm³/mol. The Hall–Kier alpha value is -0.0800. The van der Waals surface area contributed by atoms with Gasteiger partial charge in [-0.25, -0.2) is 0 Å². The second-order valence-corrected chi connectivity index (χ2v) is 5.24. The SMILES string of the molecule is CC(C)C(C)C(O)N1C(C)CC[C@H]1C. The van der Waals surface area contributed by atoms with Gasteiger partial charge in [0.15, 0.2) is 0 Å². The highest BCUT2D eigenvalue weighted by atomic mass is 16.3. The molecule has 0 aromatic carbocycles. The maximum atomic E-state index is 10.3. The zero-order valence-corrected chi connectivity index (χ0v) is 10.2. The van der Waals surface area contributed by atoms with Crippen LogP contribution in [-0.4, -0.2) is 28.3 Å². The number of aliphatic hydroxyl groups is 1. The van der Waals surface area contributed by atoms with E-state index in [1.807, 2.05) is 0 Å². The Bertz CT molecular complexity index is 171. The van der Waals surface area contributed by atoms with Gasteiger partial charge in [-0.05, 0) is 38.5 Å². The molecule has 1 aliphatic rings. The monoisotopic (exact) mass is 199 g/mol. The van der Waals surface area contributed by atoms with Gasteiger partial charge in [0, 0.05) is 12.1 Å². The van der Waals surface area contributed by atoms with Crippen LogP contribution >= 0.6 is 0 Å². The Morgan fingerprint density at radius 2 is 1.50 bits per heavy atom. The first-order chi connectivity index (χ1) is 6.45. The van der Waals surface area contributed by atoms with E-state index in [1.165, 1.54) is 12.8 Å².